The van der Waals surface area contributed by atoms with Gasteiger partial charge in [-0.05, 0) is 55.0 Å². The van der Waals surface area contributed by atoms with E-state index in [4.69, 9.17) is 16.3 Å². The van der Waals surface area contributed by atoms with E-state index in [9.17, 15) is 4.39 Å². The molecule has 2 N–H and O–H groups in total. The summed E-state index contributed by atoms with van der Waals surface area (Å²) in [6.07, 6.45) is 6.70. The van der Waals surface area contributed by atoms with Gasteiger partial charge in [-0.3, -0.25) is 0 Å². The van der Waals surface area contributed by atoms with Gasteiger partial charge in [0.2, 0.25) is 0 Å². The lowest BCUT2D eigenvalue weighted by atomic mass is 10.00. The predicted molar refractivity (Wildman–Crippen MR) is 134 cm³/mol. The first-order chi connectivity index (χ1) is 16.6. The van der Waals surface area contributed by atoms with E-state index in [1.165, 1.54) is 6.20 Å². The second-order valence-electron chi connectivity index (χ2n) is 8.19. The lowest BCUT2D eigenvalue weighted by molar-refractivity contribution is 0.295. The van der Waals surface area contributed by atoms with E-state index in [-0.39, 0.29) is 5.82 Å². The van der Waals surface area contributed by atoms with Crippen molar-refractivity contribution in [2.24, 2.45) is 5.92 Å². The maximum atomic E-state index is 14.5. The molecule has 0 saturated carbocycles. The number of fused-ring (bicyclic) bond motifs is 1. The molecule has 0 aliphatic carbocycles. The summed E-state index contributed by atoms with van der Waals surface area (Å²) in [5, 5.41) is 4.52. The van der Waals surface area contributed by atoms with E-state index < -0.39 is 5.82 Å². The molecule has 4 heterocycles. The van der Waals surface area contributed by atoms with E-state index in [1.54, 1.807) is 37.5 Å². The molecule has 0 amide bonds. The van der Waals surface area contributed by atoms with Crippen LogP contribution in [0.3, 0.4) is 0 Å². The fraction of sp³-hybridized carbons (Fsp3) is 0.292. The number of halogens is 2. The molecule has 0 spiro atoms. The number of hydrogen-bond acceptors (Lipinski definition) is 7. The number of hydrogen-bond donors (Lipinski definition) is 2. The summed E-state index contributed by atoms with van der Waals surface area (Å²) in [6, 6.07) is 9.86. The van der Waals surface area contributed by atoms with Crippen molar-refractivity contribution in [3.8, 4) is 17.1 Å². The van der Waals surface area contributed by atoms with E-state index in [1.807, 2.05) is 18.2 Å². The number of aromatic nitrogens is 4. The Hall–Kier alpha value is -2.88. The molecule has 1 saturated heterocycles. The third-order valence-corrected chi connectivity index (χ3v) is 7.06. The largest absolute Gasteiger partial charge is 0.497 e. The number of aromatic amines is 1. The normalized spacial score (nSPS) is 16.6. The summed E-state index contributed by atoms with van der Waals surface area (Å²) in [5.74, 6) is 1.37. The molecule has 3 aromatic heterocycles. The Balaban J connectivity index is 1.26. The summed E-state index contributed by atoms with van der Waals surface area (Å²) in [7, 11) is 1.68. The molecule has 1 fully saturated rings. The Kier molecular flexibility index (Phi) is 6.85. The van der Waals surface area contributed by atoms with Crippen molar-refractivity contribution >= 4 is 40.4 Å². The Morgan fingerprint density at radius 3 is 3.09 bits per heavy atom. The molecule has 176 valence electrons. The highest BCUT2D eigenvalue weighted by Gasteiger charge is 2.22. The second-order valence-corrected chi connectivity index (χ2v) is 9.80. The number of methoxy groups -OCH3 is 1. The Morgan fingerprint density at radius 1 is 1.29 bits per heavy atom. The molecule has 1 unspecified atom stereocenters. The molecule has 7 nitrogen and oxygen atoms in total. The molecule has 1 aliphatic rings. The van der Waals surface area contributed by atoms with Crippen LogP contribution in [-0.2, 0) is 0 Å². The van der Waals surface area contributed by atoms with E-state index in [0.717, 1.165) is 47.5 Å². The van der Waals surface area contributed by atoms with Crippen LogP contribution in [-0.4, -0.2) is 51.0 Å². The topological polar surface area (TPSA) is 79.0 Å². The molecular formula is C24H24ClFN6OS. The van der Waals surface area contributed by atoms with E-state index >= 15 is 0 Å². The molecule has 5 rings (SSSR count). The molecule has 1 aliphatic heterocycles. The zero-order valence-electron chi connectivity index (χ0n) is 18.6. The number of nitrogens with one attached hydrogen (secondary N) is 2. The number of anilines is 1. The zero-order valence-corrected chi connectivity index (χ0v) is 20.2. The Morgan fingerprint density at radius 2 is 2.21 bits per heavy atom. The van der Waals surface area contributed by atoms with Gasteiger partial charge in [-0.25, -0.2) is 23.6 Å². The first-order valence-electron chi connectivity index (χ1n) is 11.1. The first-order valence-corrected chi connectivity index (χ1v) is 12.2. The highest BCUT2D eigenvalue weighted by Crippen LogP contribution is 2.31. The molecule has 10 heteroatoms. The molecule has 1 atom stereocenters. The van der Waals surface area contributed by atoms with Crippen LogP contribution in [0.1, 0.15) is 12.8 Å². The average molecular weight is 499 g/mol. The predicted octanol–water partition coefficient (Wildman–Crippen LogP) is 5.65. The second kappa shape index (κ2) is 10.2. The van der Waals surface area contributed by atoms with Crippen molar-refractivity contribution in [3.63, 3.8) is 0 Å². The highest BCUT2D eigenvalue weighted by molar-refractivity contribution is 7.97. The fourth-order valence-corrected chi connectivity index (χ4v) is 5.38. The van der Waals surface area contributed by atoms with Crippen molar-refractivity contribution in [2.45, 2.75) is 17.7 Å². The number of benzene rings is 1. The quantitative estimate of drug-likeness (QED) is 0.318. The smallest absolute Gasteiger partial charge is 0.183 e. The number of piperidine rings is 1. The van der Waals surface area contributed by atoms with Crippen molar-refractivity contribution in [2.75, 3.05) is 32.1 Å². The summed E-state index contributed by atoms with van der Waals surface area (Å²) in [5.41, 5.74) is 1.41. The maximum Gasteiger partial charge on any atom is 0.183 e. The monoisotopic (exact) mass is 498 g/mol. The van der Waals surface area contributed by atoms with Crippen LogP contribution >= 0.6 is 23.5 Å². The zero-order chi connectivity index (χ0) is 23.5. The minimum atomic E-state index is -0.474. The van der Waals surface area contributed by atoms with Gasteiger partial charge in [-0.15, -0.1) is 0 Å². The number of pyridine rings is 1. The highest BCUT2D eigenvalue weighted by atomic mass is 35.5. The molecule has 0 radical (unpaired) electrons. The Labute approximate surface area is 206 Å². The lowest BCUT2D eigenvalue weighted by Gasteiger charge is -2.32. The minimum absolute atomic E-state index is 0.201. The van der Waals surface area contributed by atoms with Crippen molar-refractivity contribution in [1.29, 1.82) is 0 Å². The lowest BCUT2D eigenvalue weighted by Crippen LogP contribution is -2.34. The molecule has 1 aromatic carbocycles. The van der Waals surface area contributed by atoms with Gasteiger partial charge < -0.3 is 15.0 Å². The average Bonchev–Trinajstić information content (AvgIpc) is 3.27. The van der Waals surface area contributed by atoms with Gasteiger partial charge >= 0.3 is 0 Å². The summed E-state index contributed by atoms with van der Waals surface area (Å²) >= 11 is 7.83. The van der Waals surface area contributed by atoms with Crippen LogP contribution in [0.15, 0.2) is 53.8 Å². The summed E-state index contributed by atoms with van der Waals surface area (Å²) < 4.78 is 22.2. The van der Waals surface area contributed by atoms with Gasteiger partial charge in [0.1, 0.15) is 11.4 Å². The molecule has 34 heavy (non-hydrogen) atoms. The van der Waals surface area contributed by atoms with Crippen LogP contribution in [0.2, 0.25) is 5.02 Å². The molecular weight excluding hydrogens is 475 g/mol. The van der Waals surface area contributed by atoms with Crippen LogP contribution in [0.4, 0.5) is 10.2 Å². The standard InChI is InChI=1S/C24H24ClFN6OS/c1-33-17-5-2-6-18(9-17)34-32-7-3-4-15(14-32)10-27-24-21(26)13-30-23(31-24)20-12-29-22-19(20)8-16(25)11-28-22/h2,5-6,8-9,11-13,15H,3-4,7,10,14H2,1H3,(H,28,29)(H,27,30,31). The number of ether oxygens (including phenoxy) is 1. The first kappa shape index (κ1) is 22.9. The number of rotatable bonds is 7. The SMILES string of the molecule is COc1cccc(SN2CCCC(CNc3nc(-c4c[nH]c5ncc(Cl)cc45)ncc3F)C2)c1. The van der Waals surface area contributed by atoms with Crippen LogP contribution in [0, 0.1) is 11.7 Å². The number of nitrogens with zero attached hydrogens (tertiary/aromatic N) is 4. The van der Waals surface area contributed by atoms with Crippen molar-refractivity contribution < 1.29 is 9.13 Å². The molecule has 4 aromatic rings. The van der Waals surface area contributed by atoms with Crippen LogP contribution in [0.25, 0.3) is 22.4 Å². The van der Waals surface area contributed by atoms with Gasteiger partial charge in [0, 0.05) is 47.9 Å². The van der Waals surface area contributed by atoms with E-state index in [2.05, 4.69) is 35.6 Å². The van der Waals surface area contributed by atoms with Crippen molar-refractivity contribution in [1.82, 2.24) is 24.2 Å². The van der Waals surface area contributed by atoms with Crippen LogP contribution < -0.4 is 10.1 Å². The third kappa shape index (κ3) is 5.11. The fourth-order valence-electron chi connectivity index (χ4n) is 4.11. The molecule has 0 bridgehead atoms. The van der Waals surface area contributed by atoms with Gasteiger partial charge in [0.05, 0.1) is 18.3 Å². The van der Waals surface area contributed by atoms with Gasteiger partial charge in [0.15, 0.2) is 17.5 Å². The van der Waals surface area contributed by atoms with Crippen LogP contribution in [0.5, 0.6) is 5.75 Å². The Bertz CT molecular complexity index is 1300. The summed E-state index contributed by atoms with van der Waals surface area (Å²) in [6.45, 7) is 2.55. The van der Waals surface area contributed by atoms with Crippen molar-refractivity contribution in [3.05, 3.63) is 59.8 Å². The van der Waals surface area contributed by atoms with Gasteiger partial charge in [0.25, 0.3) is 0 Å². The van der Waals surface area contributed by atoms with Gasteiger partial charge in [-0.1, -0.05) is 17.7 Å². The number of H-pyrrole nitrogens is 1. The maximum absolute atomic E-state index is 14.5. The minimum Gasteiger partial charge on any atom is -0.497 e. The van der Waals surface area contributed by atoms with Gasteiger partial charge in [-0.2, -0.15) is 0 Å². The third-order valence-electron chi connectivity index (χ3n) is 5.80. The summed E-state index contributed by atoms with van der Waals surface area (Å²) in [4.78, 5) is 17.1. The van der Waals surface area contributed by atoms with E-state index in [0.29, 0.717) is 29.0 Å².